The lowest BCUT2D eigenvalue weighted by Gasteiger charge is -2.22. The molecule has 0 aromatic carbocycles. The molecule has 0 fully saturated rings. The number of ether oxygens (including phenoxy) is 1. The van der Waals surface area contributed by atoms with Gasteiger partial charge >= 0.3 is 0 Å². The van der Waals surface area contributed by atoms with Gasteiger partial charge in [0.15, 0.2) is 0 Å². The molecule has 3 nitrogen and oxygen atoms in total. The third kappa shape index (κ3) is 4.36. The van der Waals surface area contributed by atoms with Crippen molar-refractivity contribution in [1.29, 1.82) is 0 Å². The highest BCUT2D eigenvalue weighted by Gasteiger charge is 2.15. The predicted molar refractivity (Wildman–Crippen MR) is 56.7 cm³/mol. The van der Waals surface area contributed by atoms with E-state index in [1.807, 2.05) is 13.8 Å². The van der Waals surface area contributed by atoms with Gasteiger partial charge in [0.25, 0.3) is 0 Å². The van der Waals surface area contributed by atoms with Crippen LogP contribution >= 0.6 is 0 Å². The van der Waals surface area contributed by atoms with Crippen LogP contribution < -0.4 is 5.73 Å². The van der Waals surface area contributed by atoms with Gasteiger partial charge in [0.1, 0.15) is 5.82 Å². The molecule has 84 valence electrons. The average molecular weight is 212 g/mol. The number of aromatic nitrogens is 1. The lowest BCUT2D eigenvalue weighted by Crippen LogP contribution is -2.40. The molecule has 0 aliphatic rings. The molecule has 1 aromatic heterocycles. The van der Waals surface area contributed by atoms with E-state index in [4.69, 9.17) is 10.5 Å². The van der Waals surface area contributed by atoms with Crippen LogP contribution in [-0.2, 0) is 11.3 Å². The van der Waals surface area contributed by atoms with Crippen molar-refractivity contribution in [3.8, 4) is 0 Å². The Bertz CT molecular complexity index is 315. The molecular formula is C11H17FN2O. The van der Waals surface area contributed by atoms with Crippen molar-refractivity contribution in [2.45, 2.75) is 32.4 Å². The van der Waals surface area contributed by atoms with Gasteiger partial charge in [0, 0.05) is 11.7 Å². The quantitative estimate of drug-likeness (QED) is 0.810. The van der Waals surface area contributed by atoms with E-state index in [0.29, 0.717) is 13.2 Å². The molecule has 4 heteroatoms. The maximum absolute atomic E-state index is 12.8. The zero-order valence-corrected chi connectivity index (χ0v) is 9.16. The maximum atomic E-state index is 12.8. The minimum atomic E-state index is -0.345. The summed E-state index contributed by atoms with van der Waals surface area (Å²) in [5, 5.41) is 0. The number of nitrogens with two attached hydrogens (primary N) is 1. The van der Waals surface area contributed by atoms with Crippen LogP contribution in [0.5, 0.6) is 0 Å². The number of nitrogens with zero attached hydrogens (tertiary/aromatic N) is 1. The Labute approximate surface area is 89.5 Å². The van der Waals surface area contributed by atoms with Crippen molar-refractivity contribution in [3.05, 3.63) is 29.8 Å². The van der Waals surface area contributed by atoms with Gasteiger partial charge < -0.3 is 10.5 Å². The number of pyridine rings is 1. The Balaban J connectivity index is 2.38. The van der Waals surface area contributed by atoms with Gasteiger partial charge in [0.05, 0.1) is 19.4 Å². The zero-order valence-electron chi connectivity index (χ0n) is 9.16. The van der Waals surface area contributed by atoms with E-state index in [0.717, 1.165) is 12.0 Å². The molecule has 15 heavy (non-hydrogen) atoms. The van der Waals surface area contributed by atoms with E-state index in [9.17, 15) is 4.39 Å². The molecule has 0 bridgehead atoms. The lowest BCUT2D eigenvalue weighted by molar-refractivity contribution is 0.0774. The smallest absolute Gasteiger partial charge is 0.141 e. The number of rotatable bonds is 5. The van der Waals surface area contributed by atoms with Crippen molar-refractivity contribution in [2.75, 3.05) is 6.61 Å². The second kappa shape index (κ2) is 5.19. The molecule has 0 aliphatic heterocycles. The standard InChI is InChI=1S/C11H17FN2O/c1-3-11(2,13)8-15-7-9-4-10(12)6-14-5-9/h4-6H,3,7-8,13H2,1-2H3. The molecule has 1 atom stereocenters. The first-order chi connectivity index (χ1) is 7.03. The lowest BCUT2D eigenvalue weighted by atomic mass is 10.0. The first-order valence-electron chi connectivity index (χ1n) is 4.99. The van der Waals surface area contributed by atoms with E-state index in [1.54, 1.807) is 6.20 Å². The monoisotopic (exact) mass is 212 g/mol. The van der Waals surface area contributed by atoms with Crippen LogP contribution in [0.2, 0.25) is 0 Å². The van der Waals surface area contributed by atoms with E-state index in [2.05, 4.69) is 4.98 Å². The van der Waals surface area contributed by atoms with Crippen LogP contribution in [0.1, 0.15) is 25.8 Å². The second-order valence-electron chi connectivity index (χ2n) is 4.01. The highest BCUT2D eigenvalue weighted by Crippen LogP contribution is 2.08. The van der Waals surface area contributed by atoms with E-state index < -0.39 is 0 Å². The summed E-state index contributed by atoms with van der Waals surface area (Å²) in [7, 11) is 0. The fourth-order valence-electron chi connectivity index (χ4n) is 1.04. The summed E-state index contributed by atoms with van der Waals surface area (Å²) in [4.78, 5) is 3.73. The minimum Gasteiger partial charge on any atom is -0.375 e. The summed E-state index contributed by atoms with van der Waals surface area (Å²) in [5.41, 5.74) is 6.30. The van der Waals surface area contributed by atoms with Crippen molar-refractivity contribution in [2.24, 2.45) is 5.73 Å². The van der Waals surface area contributed by atoms with Gasteiger partial charge in [-0.1, -0.05) is 6.92 Å². The molecule has 1 unspecified atom stereocenters. The van der Waals surface area contributed by atoms with Crippen LogP contribution in [0.25, 0.3) is 0 Å². The van der Waals surface area contributed by atoms with Crippen molar-refractivity contribution >= 4 is 0 Å². The van der Waals surface area contributed by atoms with E-state index in [-0.39, 0.29) is 11.4 Å². The predicted octanol–water partition coefficient (Wildman–Crippen LogP) is 1.86. The summed E-state index contributed by atoms with van der Waals surface area (Å²) in [5.74, 6) is -0.345. The molecule has 1 rings (SSSR count). The minimum absolute atomic E-state index is 0.319. The number of halogens is 1. The molecule has 0 radical (unpaired) electrons. The number of hydrogen-bond donors (Lipinski definition) is 1. The van der Waals surface area contributed by atoms with Gasteiger partial charge in [-0.05, 0) is 25.0 Å². The molecule has 0 spiro atoms. The van der Waals surface area contributed by atoms with Gasteiger partial charge in [-0.2, -0.15) is 0 Å². The van der Waals surface area contributed by atoms with Crippen molar-refractivity contribution in [3.63, 3.8) is 0 Å². The average Bonchev–Trinajstić information content (AvgIpc) is 2.18. The van der Waals surface area contributed by atoms with Gasteiger partial charge in [-0.25, -0.2) is 4.39 Å². The Morgan fingerprint density at radius 2 is 2.27 bits per heavy atom. The third-order valence-electron chi connectivity index (χ3n) is 2.27. The fraction of sp³-hybridized carbons (Fsp3) is 0.545. The number of hydrogen-bond acceptors (Lipinski definition) is 3. The Kier molecular flexibility index (Phi) is 4.17. The van der Waals surface area contributed by atoms with Crippen LogP contribution in [-0.4, -0.2) is 17.1 Å². The van der Waals surface area contributed by atoms with Crippen LogP contribution in [0.3, 0.4) is 0 Å². The van der Waals surface area contributed by atoms with Crippen molar-refractivity contribution in [1.82, 2.24) is 4.98 Å². The molecule has 0 saturated carbocycles. The third-order valence-corrected chi connectivity index (χ3v) is 2.27. The van der Waals surface area contributed by atoms with Crippen LogP contribution in [0.4, 0.5) is 4.39 Å². The fourth-order valence-corrected chi connectivity index (χ4v) is 1.04. The summed E-state index contributed by atoms with van der Waals surface area (Å²) >= 11 is 0. The molecule has 0 amide bonds. The summed E-state index contributed by atoms with van der Waals surface area (Å²) in [6.07, 6.45) is 3.60. The van der Waals surface area contributed by atoms with Gasteiger partial charge in [0.2, 0.25) is 0 Å². The Morgan fingerprint density at radius 3 is 2.87 bits per heavy atom. The van der Waals surface area contributed by atoms with E-state index in [1.165, 1.54) is 12.3 Å². The molecule has 1 aromatic rings. The summed E-state index contributed by atoms with van der Waals surface area (Å²) < 4.78 is 18.2. The molecular weight excluding hydrogens is 195 g/mol. The zero-order chi connectivity index (χ0) is 11.3. The van der Waals surface area contributed by atoms with Crippen molar-refractivity contribution < 1.29 is 9.13 Å². The van der Waals surface area contributed by atoms with Crippen LogP contribution in [0, 0.1) is 5.82 Å². The molecule has 1 heterocycles. The Hall–Kier alpha value is -1.00. The molecule has 2 N–H and O–H groups in total. The topological polar surface area (TPSA) is 48.1 Å². The van der Waals surface area contributed by atoms with E-state index >= 15 is 0 Å². The maximum Gasteiger partial charge on any atom is 0.141 e. The SMILES string of the molecule is CCC(C)(N)COCc1cncc(F)c1. The largest absolute Gasteiger partial charge is 0.375 e. The normalized spacial score (nSPS) is 14.9. The molecule has 0 aliphatic carbocycles. The summed E-state index contributed by atoms with van der Waals surface area (Å²) in [6, 6.07) is 1.41. The second-order valence-corrected chi connectivity index (χ2v) is 4.01. The van der Waals surface area contributed by atoms with Gasteiger partial charge in [-0.3, -0.25) is 4.98 Å². The van der Waals surface area contributed by atoms with Crippen LogP contribution in [0.15, 0.2) is 18.5 Å². The Morgan fingerprint density at radius 1 is 1.53 bits per heavy atom. The van der Waals surface area contributed by atoms with Gasteiger partial charge in [-0.15, -0.1) is 0 Å². The highest BCUT2D eigenvalue weighted by molar-refractivity contribution is 5.08. The summed E-state index contributed by atoms with van der Waals surface area (Å²) in [6.45, 7) is 4.74. The first-order valence-corrected chi connectivity index (χ1v) is 4.99. The first kappa shape index (κ1) is 12.1. The molecule has 0 saturated heterocycles. The highest BCUT2D eigenvalue weighted by atomic mass is 19.1.